The lowest BCUT2D eigenvalue weighted by Crippen LogP contribution is -2.20. The van der Waals surface area contributed by atoms with Crippen LogP contribution in [0, 0.1) is 5.82 Å². The number of para-hydroxylation sites is 1. The molecule has 0 saturated carbocycles. The van der Waals surface area contributed by atoms with Crippen LogP contribution < -0.4 is 10.1 Å². The van der Waals surface area contributed by atoms with Gasteiger partial charge in [-0.15, -0.1) is 0 Å². The topological polar surface area (TPSA) is 38.3 Å². The molecule has 21 heavy (non-hydrogen) atoms. The Morgan fingerprint density at radius 2 is 1.90 bits per heavy atom. The molecule has 2 aromatic carbocycles. The summed E-state index contributed by atoms with van der Waals surface area (Å²) in [5.41, 5.74) is 1.67. The number of halogens is 1. The SMILES string of the molecule is COc1ccccc1CNC(=O)/C=C/c1ccc(F)cc1. The molecule has 0 aliphatic rings. The first-order chi connectivity index (χ1) is 10.2. The van der Waals surface area contributed by atoms with Gasteiger partial charge in [0.15, 0.2) is 0 Å². The van der Waals surface area contributed by atoms with Gasteiger partial charge in [-0.2, -0.15) is 0 Å². The second kappa shape index (κ2) is 7.24. The normalized spacial score (nSPS) is 10.6. The van der Waals surface area contributed by atoms with E-state index in [2.05, 4.69) is 5.32 Å². The van der Waals surface area contributed by atoms with Gasteiger partial charge in [0.2, 0.25) is 5.91 Å². The molecule has 2 aromatic rings. The van der Waals surface area contributed by atoms with E-state index in [4.69, 9.17) is 4.74 Å². The Balaban J connectivity index is 1.91. The molecule has 108 valence electrons. The highest BCUT2D eigenvalue weighted by Crippen LogP contribution is 2.16. The first-order valence-electron chi connectivity index (χ1n) is 6.52. The molecule has 0 atom stereocenters. The van der Waals surface area contributed by atoms with Crippen molar-refractivity contribution in [2.45, 2.75) is 6.54 Å². The summed E-state index contributed by atoms with van der Waals surface area (Å²) in [5, 5.41) is 2.78. The van der Waals surface area contributed by atoms with Crippen LogP contribution in [0.3, 0.4) is 0 Å². The second-order valence-electron chi connectivity index (χ2n) is 4.41. The van der Waals surface area contributed by atoms with Gasteiger partial charge in [0.05, 0.1) is 7.11 Å². The number of carbonyl (C=O) groups excluding carboxylic acids is 1. The zero-order valence-corrected chi connectivity index (χ0v) is 11.7. The van der Waals surface area contributed by atoms with E-state index in [1.807, 2.05) is 24.3 Å². The fourth-order valence-electron chi connectivity index (χ4n) is 1.84. The van der Waals surface area contributed by atoms with Gasteiger partial charge in [-0.25, -0.2) is 4.39 Å². The highest BCUT2D eigenvalue weighted by molar-refractivity contribution is 5.91. The lowest BCUT2D eigenvalue weighted by atomic mass is 10.2. The lowest BCUT2D eigenvalue weighted by molar-refractivity contribution is -0.116. The maximum Gasteiger partial charge on any atom is 0.244 e. The van der Waals surface area contributed by atoms with Crippen molar-refractivity contribution in [1.82, 2.24) is 5.32 Å². The van der Waals surface area contributed by atoms with E-state index >= 15 is 0 Å². The highest BCUT2D eigenvalue weighted by Gasteiger charge is 2.02. The summed E-state index contributed by atoms with van der Waals surface area (Å²) < 4.78 is 18.0. The van der Waals surface area contributed by atoms with Crippen molar-refractivity contribution in [1.29, 1.82) is 0 Å². The summed E-state index contributed by atoms with van der Waals surface area (Å²) in [6.07, 6.45) is 3.06. The van der Waals surface area contributed by atoms with Gasteiger partial charge in [-0.1, -0.05) is 30.3 Å². The minimum absolute atomic E-state index is 0.217. The lowest BCUT2D eigenvalue weighted by Gasteiger charge is -2.08. The van der Waals surface area contributed by atoms with E-state index in [1.54, 1.807) is 25.3 Å². The molecule has 0 radical (unpaired) electrons. The third-order valence-electron chi connectivity index (χ3n) is 2.94. The summed E-state index contributed by atoms with van der Waals surface area (Å²) in [4.78, 5) is 11.7. The average molecular weight is 285 g/mol. The third kappa shape index (κ3) is 4.45. The zero-order valence-electron chi connectivity index (χ0n) is 11.7. The third-order valence-corrected chi connectivity index (χ3v) is 2.94. The molecule has 1 N–H and O–H groups in total. The summed E-state index contributed by atoms with van der Waals surface area (Å²) >= 11 is 0. The second-order valence-corrected chi connectivity index (χ2v) is 4.41. The summed E-state index contributed by atoms with van der Waals surface area (Å²) in [5.74, 6) is 0.221. The molecule has 1 amide bonds. The Morgan fingerprint density at radius 1 is 1.19 bits per heavy atom. The maximum absolute atomic E-state index is 12.8. The summed E-state index contributed by atoms with van der Waals surface area (Å²) in [6, 6.07) is 13.4. The summed E-state index contributed by atoms with van der Waals surface area (Å²) in [7, 11) is 1.59. The van der Waals surface area contributed by atoms with Crippen LogP contribution in [0.1, 0.15) is 11.1 Å². The molecule has 4 heteroatoms. The van der Waals surface area contributed by atoms with Gasteiger partial charge in [0, 0.05) is 18.2 Å². The number of benzene rings is 2. The monoisotopic (exact) mass is 285 g/mol. The Morgan fingerprint density at radius 3 is 2.62 bits per heavy atom. The Labute approximate surface area is 123 Å². The maximum atomic E-state index is 12.8. The zero-order chi connectivity index (χ0) is 15.1. The molecule has 0 bridgehead atoms. The fraction of sp³-hybridized carbons (Fsp3) is 0.118. The number of methoxy groups -OCH3 is 1. The van der Waals surface area contributed by atoms with Crippen molar-refractivity contribution in [2.24, 2.45) is 0 Å². The quantitative estimate of drug-likeness (QED) is 0.857. The van der Waals surface area contributed by atoms with Crippen LogP contribution in [0.2, 0.25) is 0 Å². The van der Waals surface area contributed by atoms with E-state index in [0.29, 0.717) is 6.54 Å². The van der Waals surface area contributed by atoms with Crippen LogP contribution in [-0.4, -0.2) is 13.0 Å². The van der Waals surface area contributed by atoms with Gasteiger partial charge >= 0.3 is 0 Å². The van der Waals surface area contributed by atoms with Crippen LogP contribution >= 0.6 is 0 Å². The molecule has 0 unspecified atom stereocenters. The fourth-order valence-corrected chi connectivity index (χ4v) is 1.84. The first kappa shape index (κ1) is 14.8. The number of amides is 1. The highest BCUT2D eigenvalue weighted by atomic mass is 19.1. The number of nitrogens with one attached hydrogen (secondary N) is 1. The summed E-state index contributed by atoms with van der Waals surface area (Å²) in [6.45, 7) is 0.386. The van der Waals surface area contributed by atoms with Gasteiger partial charge in [0.1, 0.15) is 11.6 Å². The van der Waals surface area contributed by atoms with Crippen molar-refractivity contribution in [3.8, 4) is 5.75 Å². The van der Waals surface area contributed by atoms with Crippen LogP contribution in [0.4, 0.5) is 4.39 Å². The van der Waals surface area contributed by atoms with Crippen LogP contribution in [0.5, 0.6) is 5.75 Å². The smallest absolute Gasteiger partial charge is 0.244 e. The van der Waals surface area contributed by atoms with E-state index in [1.165, 1.54) is 18.2 Å². The van der Waals surface area contributed by atoms with E-state index in [9.17, 15) is 9.18 Å². The molecule has 0 aromatic heterocycles. The Bertz CT molecular complexity index is 635. The van der Waals surface area contributed by atoms with Crippen LogP contribution in [0.25, 0.3) is 6.08 Å². The van der Waals surface area contributed by atoms with Gasteiger partial charge < -0.3 is 10.1 Å². The van der Waals surface area contributed by atoms with Crippen LogP contribution in [0.15, 0.2) is 54.6 Å². The molecular weight excluding hydrogens is 269 g/mol. The Kier molecular flexibility index (Phi) is 5.10. The molecule has 3 nitrogen and oxygen atoms in total. The van der Waals surface area contributed by atoms with Crippen molar-refractivity contribution in [3.63, 3.8) is 0 Å². The molecular formula is C17H16FNO2. The number of hydrogen-bond acceptors (Lipinski definition) is 2. The van der Waals surface area contributed by atoms with Gasteiger partial charge in [-0.05, 0) is 29.8 Å². The van der Waals surface area contributed by atoms with Crippen molar-refractivity contribution in [2.75, 3.05) is 7.11 Å². The molecule has 0 aliphatic heterocycles. The predicted molar refractivity (Wildman–Crippen MR) is 80.3 cm³/mol. The molecule has 0 aliphatic carbocycles. The largest absolute Gasteiger partial charge is 0.496 e. The average Bonchev–Trinajstić information content (AvgIpc) is 2.52. The predicted octanol–water partition coefficient (Wildman–Crippen LogP) is 3.16. The van der Waals surface area contributed by atoms with Crippen LogP contribution in [-0.2, 0) is 11.3 Å². The minimum Gasteiger partial charge on any atom is -0.496 e. The molecule has 0 fully saturated rings. The number of carbonyl (C=O) groups is 1. The van der Waals surface area contributed by atoms with E-state index in [0.717, 1.165) is 16.9 Å². The van der Waals surface area contributed by atoms with Crippen molar-refractivity contribution in [3.05, 3.63) is 71.6 Å². The van der Waals surface area contributed by atoms with Gasteiger partial charge in [-0.3, -0.25) is 4.79 Å². The van der Waals surface area contributed by atoms with Gasteiger partial charge in [0.25, 0.3) is 0 Å². The number of ether oxygens (including phenoxy) is 1. The molecule has 0 saturated heterocycles. The van der Waals surface area contributed by atoms with Crippen molar-refractivity contribution < 1.29 is 13.9 Å². The molecule has 2 rings (SSSR count). The molecule has 0 spiro atoms. The number of hydrogen-bond donors (Lipinski definition) is 1. The van der Waals surface area contributed by atoms with Crippen molar-refractivity contribution >= 4 is 12.0 Å². The Hall–Kier alpha value is -2.62. The first-order valence-corrected chi connectivity index (χ1v) is 6.52. The van der Waals surface area contributed by atoms with E-state index in [-0.39, 0.29) is 11.7 Å². The number of rotatable bonds is 5. The molecule has 0 heterocycles. The standard InChI is InChI=1S/C17H16FNO2/c1-21-16-5-3-2-4-14(16)12-19-17(20)11-8-13-6-9-15(18)10-7-13/h2-11H,12H2,1H3,(H,19,20)/b11-8+. The van der Waals surface area contributed by atoms with E-state index < -0.39 is 0 Å². The minimum atomic E-state index is -0.298.